The average Bonchev–Trinajstić information content (AvgIpc) is 3.11. The summed E-state index contributed by atoms with van der Waals surface area (Å²) in [6.07, 6.45) is 5.32. The molecular weight excluding hydrogens is 254 g/mol. The molecule has 98 valence electrons. The molecule has 0 saturated carbocycles. The third-order valence-corrected chi connectivity index (χ3v) is 3.24. The van der Waals surface area contributed by atoms with Gasteiger partial charge in [-0.1, -0.05) is 0 Å². The largest absolute Gasteiger partial charge is 0.497 e. The van der Waals surface area contributed by atoms with Gasteiger partial charge in [-0.3, -0.25) is 0 Å². The van der Waals surface area contributed by atoms with Crippen LogP contribution in [-0.4, -0.2) is 31.8 Å². The van der Waals surface area contributed by atoms with Crippen LogP contribution in [0, 0.1) is 0 Å². The van der Waals surface area contributed by atoms with Gasteiger partial charge in [-0.2, -0.15) is 5.10 Å². The zero-order chi connectivity index (χ0) is 13.5. The topological polar surface area (TPSA) is 68.6 Å². The Labute approximate surface area is 114 Å². The summed E-state index contributed by atoms with van der Waals surface area (Å²) in [5.41, 5.74) is 2.56. The number of aromatic nitrogens is 5. The third kappa shape index (κ3) is 1.55. The lowest BCUT2D eigenvalue weighted by Crippen LogP contribution is -2.00. The highest BCUT2D eigenvalue weighted by molar-refractivity contribution is 5.82. The number of hydrogen-bond acceptors (Lipinski definition) is 4. The second-order valence-electron chi connectivity index (χ2n) is 4.42. The number of nitrogens with zero attached hydrogens (tertiary/aromatic N) is 4. The van der Waals surface area contributed by atoms with Gasteiger partial charge in [-0.05, 0) is 24.3 Å². The maximum absolute atomic E-state index is 5.22. The highest BCUT2D eigenvalue weighted by Gasteiger charge is 2.08. The standard InChI is InChI=1S/C14H11N5O/c1-20-10-2-3-12-9(6-10)7-17-19(12)13-8-16-14-11(18-13)4-5-15-14/h2-8H,1H3,(H,15,16). The molecule has 6 nitrogen and oxygen atoms in total. The number of rotatable bonds is 2. The zero-order valence-electron chi connectivity index (χ0n) is 10.7. The maximum Gasteiger partial charge on any atom is 0.173 e. The molecule has 0 saturated heterocycles. The van der Waals surface area contributed by atoms with Crippen LogP contribution in [0.4, 0.5) is 0 Å². The molecule has 0 unspecified atom stereocenters. The van der Waals surface area contributed by atoms with Gasteiger partial charge in [0.05, 0.1) is 25.0 Å². The molecular formula is C14H11N5O. The number of methoxy groups -OCH3 is 1. The minimum absolute atomic E-state index is 0.692. The van der Waals surface area contributed by atoms with Gasteiger partial charge in [0.1, 0.15) is 11.3 Å². The molecule has 0 aliphatic carbocycles. The van der Waals surface area contributed by atoms with Crippen molar-refractivity contribution in [2.24, 2.45) is 0 Å². The van der Waals surface area contributed by atoms with E-state index < -0.39 is 0 Å². The Morgan fingerprint density at radius 3 is 3.05 bits per heavy atom. The van der Waals surface area contributed by atoms with Crippen LogP contribution in [0.2, 0.25) is 0 Å². The molecule has 0 aliphatic rings. The summed E-state index contributed by atoms with van der Waals surface area (Å²) in [5.74, 6) is 1.50. The van der Waals surface area contributed by atoms with E-state index in [0.717, 1.165) is 27.8 Å². The Hall–Kier alpha value is -2.89. The van der Waals surface area contributed by atoms with Crippen molar-refractivity contribution in [2.45, 2.75) is 0 Å². The van der Waals surface area contributed by atoms with Gasteiger partial charge in [0.15, 0.2) is 11.5 Å². The van der Waals surface area contributed by atoms with Crippen molar-refractivity contribution in [3.05, 3.63) is 42.9 Å². The smallest absolute Gasteiger partial charge is 0.173 e. The van der Waals surface area contributed by atoms with Gasteiger partial charge in [-0.25, -0.2) is 14.6 Å². The summed E-state index contributed by atoms with van der Waals surface area (Å²) in [6, 6.07) is 7.70. The lowest BCUT2D eigenvalue weighted by atomic mass is 10.2. The lowest BCUT2D eigenvalue weighted by Gasteiger charge is -2.03. The van der Waals surface area contributed by atoms with E-state index in [1.807, 2.05) is 30.5 Å². The minimum atomic E-state index is 0.692. The first-order chi connectivity index (χ1) is 9.85. The number of H-pyrrole nitrogens is 1. The van der Waals surface area contributed by atoms with E-state index in [1.165, 1.54) is 0 Å². The van der Waals surface area contributed by atoms with Gasteiger partial charge in [0.2, 0.25) is 0 Å². The van der Waals surface area contributed by atoms with Gasteiger partial charge in [-0.15, -0.1) is 0 Å². The van der Waals surface area contributed by atoms with Crippen LogP contribution in [-0.2, 0) is 0 Å². The van der Waals surface area contributed by atoms with E-state index in [2.05, 4.69) is 20.1 Å². The van der Waals surface area contributed by atoms with Crippen LogP contribution in [0.3, 0.4) is 0 Å². The molecule has 4 rings (SSSR count). The molecule has 0 radical (unpaired) electrons. The summed E-state index contributed by atoms with van der Waals surface area (Å²) in [5, 5.41) is 5.38. The Bertz CT molecular complexity index is 908. The number of ether oxygens (including phenoxy) is 1. The molecule has 0 amide bonds. The predicted octanol–water partition coefficient (Wildman–Crippen LogP) is 2.31. The highest BCUT2D eigenvalue weighted by atomic mass is 16.5. The van der Waals surface area contributed by atoms with E-state index in [9.17, 15) is 0 Å². The number of nitrogens with one attached hydrogen (secondary N) is 1. The Balaban J connectivity index is 1.92. The molecule has 0 spiro atoms. The van der Waals surface area contributed by atoms with Crippen molar-refractivity contribution >= 4 is 22.1 Å². The minimum Gasteiger partial charge on any atom is -0.497 e. The van der Waals surface area contributed by atoms with Crippen LogP contribution in [0.25, 0.3) is 27.9 Å². The number of fused-ring (bicyclic) bond motifs is 2. The Kier molecular flexibility index (Phi) is 2.23. The lowest BCUT2D eigenvalue weighted by molar-refractivity contribution is 0.415. The monoisotopic (exact) mass is 265 g/mol. The van der Waals surface area contributed by atoms with Crippen LogP contribution >= 0.6 is 0 Å². The van der Waals surface area contributed by atoms with Crippen LogP contribution in [0.15, 0.2) is 42.9 Å². The normalized spacial score (nSPS) is 11.2. The molecule has 0 aliphatic heterocycles. The van der Waals surface area contributed by atoms with Crippen molar-refractivity contribution in [1.82, 2.24) is 24.7 Å². The Morgan fingerprint density at radius 2 is 2.15 bits per heavy atom. The van der Waals surface area contributed by atoms with Crippen molar-refractivity contribution in [3.63, 3.8) is 0 Å². The number of hydrogen-bond donors (Lipinski definition) is 1. The van der Waals surface area contributed by atoms with E-state index in [4.69, 9.17) is 4.74 Å². The molecule has 3 heterocycles. The third-order valence-electron chi connectivity index (χ3n) is 3.24. The summed E-state index contributed by atoms with van der Waals surface area (Å²) in [7, 11) is 1.65. The summed E-state index contributed by atoms with van der Waals surface area (Å²) in [6.45, 7) is 0. The molecule has 1 aromatic carbocycles. The first-order valence-corrected chi connectivity index (χ1v) is 6.17. The van der Waals surface area contributed by atoms with Crippen molar-refractivity contribution in [3.8, 4) is 11.6 Å². The summed E-state index contributed by atoms with van der Waals surface area (Å²) in [4.78, 5) is 11.9. The molecule has 4 aromatic rings. The maximum atomic E-state index is 5.22. The van der Waals surface area contributed by atoms with Gasteiger partial charge in [0, 0.05) is 11.6 Å². The highest BCUT2D eigenvalue weighted by Crippen LogP contribution is 2.22. The van der Waals surface area contributed by atoms with Crippen LogP contribution in [0.5, 0.6) is 5.75 Å². The fraction of sp³-hybridized carbons (Fsp3) is 0.0714. The number of benzene rings is 1. The molecule has 0 bridgehead atoms. The first kappa shape index (κ1) is 11.0. The molecule has 0 atom stereocenters. The van der Waals surface area contributed by atoms with E-state index >= 15 is 0 Å². The van der Waals surface area contributed by atoms with Crippen molar-refractivity contribution in [1.29, 1.82) is 0 Å². The van der Waals surface area contributed by atoms with Gasteiger partial charge < -0.3 is 9.72 Å². The van der Waals surface area contributed by atoms with Crippen LogP contribution < -0.4 is 4.74 Å². The van der Waals surface area contributed by atoms with E-state index in [1.54, 1.807) is 24.2 Å². The summed E-state index contributed by atoms with van der Waals surface area (Å²) < 4.78 is 6.99. The zero-order valence-corrected chi connectivity index (χ0v) is 10.7. The SMILES string of the molecule is COc1ccc2c(cnn2-c2cnc3[nH]ccc3n2)c1. The molecule has 1 N–H and O–H groups in total. The van der Waals surface area contributed by atoms with Gasteiger partial charge in [0.25, 0.3) is 0 Å². The van der Waals surface area contributed by atoms with Crippen molar-refractivity contribution < 1.29 is 4.74 Å². The summed E-state index contributed by atoms with van der Waals surface area (Å²) >= 11 is 0. The fourth-order valence-corrected chi connectivity index (χ4v) is 2.24. The Morgan fingerprint density at radius 1 is 1.20 bits per heavy atom. The average molecular weight is 265 g/mol. The predicted molar refractivity (Wildman–Crippen MR) is 75.1 cm³/mol. The molecule has 0 fully saturated rings. The van der Waals surface area contributed by atoms with Crippen LogP contribution in [0.1, 0.15) is 0 Å². The fourth-order valence-electron chi connectivity index (χ4n) is 2.24. The van der Waals surface area contributed by atoms with Gasteiger partial charge >= 0.3 is 0 Å². The molecule has 20 heavy (non-hydrogen) atoms. The second kappa shape index (κ2) is 4.06. The first-order valence-electron chi connectivity index (χ1n) is 6.17. The molecule has 6 heteroatoms. The van der Waals surface area contributed by atoms with E-state index in [-0.39, 0.29) is 0 Å². The second-order valence-corrected chi connectivity index (χ2v) is 4.42. The molecule has 3 aromatic heterocycles. The number of aromatic amines is 1. The quantitative estimate of drug-likeness (QED) is 0.604. The van der Waals surface area contributed by atoms with Crippen molar-refractivity contribution in [2.75, 3.05) is 7.11 Å². The van der Waals surface area contributed by atoms with E-state index in [0.29, 0.717) is 5.82 Å².